The second-order valence-corrected chi connectivity index (χ2v) is 10.2. The first kappa shape index (κ1) is 16.3. The molecule has 0 N–H and O–H groups in total. The molecule has 0 aromatic heterocycles. The quantitative estimate of drug-likeness (QED) is 0.514. The van der Waals surface area contributed by atoms with Crippen LogP contribution in [0.3, 0.4) is 0 Å². The highest BCUT2D eigenvalue weighted by atomic mass is 32.2. The zero-order chi connectivity index (χ0) is 13.7. The Kier molecular flexibility index (Phi) is 7.03. The van der Waals surface area contributed by atoms with E-state index in [-0.39, 0.29) is 7.92 Å². The third-order valence-electron chi connectivity index (χ3n) is 3.66. The zero-order valence-corrected chi connectivity index (χ0v) is 14.6. The summed E-state index contributed by atoms with van der Waals surface area (Å²) in [5, 5.41) is 2.59. The molecule has 0 fully saturated rings. The maximum Gasteiger partial charge on any atom is 0.00821 e. The van der Waals surface area contributed by atoms with Crippen molar-refractivity contribution >= 4 is 19.7 Å². The van der Waals surface area contributed by atoms with Gasteiger partial charge < -0.3 is 0 Å². The van der Waals surface area contributed by atoms with E-state index in [1.165, 1.54) is 19.3 Å². The second-order valence-electron chi connectivity index (χ2n) is 5.64. The fraction of sp³-hybridized carbons (Fsp3) is 0.750. The van der Waals surface area contributed by atoms with Crippen molar-refractivity contribution in [3.8, 4) is 0 Å². The van der Waals surface area contributed by atoms with E-state index in [9.17, 15) is 0 Å². The molecule has 2 heteroatoms. The van der Waals surface area contributed by atoms with Crippen LogP contribution in [0.25, 0.3) is 0 Å². The van der Waals surface area contributed by atoms with Crippen molar-refractivity contribution in [1.82, 2.24) is 0 Å². The molecule has 0 saturated heterocycles. The van der Waals surface area contributed by atoms with E-state index in [0.29, 0.717) is 0 Å². The highest BCUT2D eigenvalue weighted by Gasteiger charge is 2.25. The molecule has 18 heavy (non-hydrogen) atoms. The Labute approximate surface area is 119 Å². The summed E-state index contributed by atoms with van der Waals surface area (Å²) in [6.07, 6.45) is 10.8. The van der Waals surface area contributed by atoms with E-state index in [1.54, 1.807) is 10.9 Å². The average molecular weight is 284 g/mol. The van der Waals surface area contributed by atoms with Crippen molar-refractivity contribution in [3.05, 3.63) is 23.0 Å². The summed E-state index contributed by atoms with van der Waals surface area (Å²) in [5.41, 5.74) is 3.31. The number of thioether (sulfide) groups is 1. The maximum absolute atomic E-state index is 2.41. The summed E-state index contributed by atoms with van der Waals surface area (Å²) in [6, 6.07) is 0. The number of allylic oxidation sites excluding steroid dienone is 4. The highest BCUT2D eigenvalue weighted by molar-refractivity contribution is 7.99. The molecular formula is C16H29PS. The zero-order valence-electron chi connectivity index (χ0n) is 12.9. The highest BCUT2D eigenvalue weighted by Crippen LogP contribution is 2.57. The van der Waals surface area contributed by atoms with Gasteiger partial charge in [-0.1, -0.05) is 54.7 Å². The normalized spacial score (nSPS) is 17.6. The van der Waals surface area contributed by atoms with Crippen molar-refractivity contribution in [2.75, 3.05) is 6.26 Å². The van der Waals surface area contributed by atoms with Crippen LogP contribution in [0.5, 0.6) is 0 Å². The van der Waals surface area contributed by atoms with Gasteiger partial charge in [-0.05, 0) is 47.7 Å². The van der Waals surface area contributed by atoms with E-state index in [1.807, 2.05) is 11.8 Å². The summed E-state index contributed by atoms with van der Waals surface area (Å²) in [4.78, 5) is 0. The molecule has 0 aromatic rings. The molecule has 0 radical (unpaired) electrons. The molecule has 1 unspecified atom stereocenters. The topological polar surface area (TPSA) is 0 Å². The first-order chi connectivity index (χ1) is 8.51. The van der Waals surface area contributed by atoms with Gasteiger partial charge in [0.2, 0.25) is 0 Å². The molecule has 0 heterocycles. The van der Waals surface area contributed by atoms with Crippen LogP contribution in [0.2, 0.25) is 0 Å². The molecule has 1 aliphatic rings. The van der Waals surface area contributed by atoms with Gasteiger partial charge in [0.15, 0.2) is 0 Å². The summed E-state index contributed by atoms with van der Waals surface area (Å²) in [6.45, 7) is 11.9. The van der Waals surface area contributed by atoms with Crippen LogP contribution >= 0.6 is 19.7 Å². The summed E-state index contributed by atoms with van der Waals surface area (Å²) in [7, 11) is 0.0482. The van der Waals surface area contributed by atoms with Crippen LogP contribution in [0.4, 0.5) is 0 Å². The van der Waals surface area contributed by atoms with Crippen molar-refractivity contribution in [1.29, 1.82) is 0 Å². The molecule has 0 amide bonds. The van der Waals surface area contributed by atoms with Crippen LogP contribution in [-0.2, 0) is 0 Å². The minimum Gasteiger partial charge on any atom is -0.162 e. The molecule has 0 bridgehead atoms. The second kappa shape index (κ2) is 7.75. The molecule has 0 aromatic carbocycles. The van der Waals surface area contributed by atoms with Crippen LogP contribution < -0.4 is 0 Å². The first-order valence-corrected chi connectivity index (χ1v) is 9.97. The first-order valence-electron chi connectivity index (χ1n) is 7.20. The van der Waals surface area contributed by atoms with E-state index < -0.39 is 0 Å². The smallest absolute Gasteiger partial charge is 0.00821 e. The maximum atomic E-state index is 2.41. The van der Waals surface area contributed by atoms with Crippen LogP contribution in [0, 0.1) is 0 Å². The van der Waals surface area contributed by atoms with Gasteiger partial charge in [-0.25, -0.2) is 0 Å². The molecule has 0 nitrogen and oxygen atoms in total. The van der Waals surface area contributed by atoms with Crippen LogP contribution in [0.15, 0.2) is 23.0 Å². The standard InChI is InChI=1S/C16H29PS/c1-7-15(18-6)11-14-9-8-10-16(14)17(12(2)3)13(4)5/h8-9,12-13,15H,7,10-11H2,1-6H3. The monoisotopic (exact) mass is 284 g/mol. The average Bonchev–Trinajstić information content (AvgIpc) is 2.73. The lowest BCUT2D eigenvalue weighted by Crippen LogP contribution is -2.07. The Hall–Kier alpha value is 0.260. The predicted molar refractivity (Wildman–Crippen MR) is 90.2 cm³/mol. The molecule has 0 spiro atoms. The predicted octanol–water partition coefficient (Wildman–Crippen LogP) is 6.03. The van der Waals surface area contributed by atoms with Gasteiger partial charge in [0.25, 0.3) is 0 Å². The Balaban J connectivity index is 2.89. The lowest BCUT2D eigenvalue weighted by molar-refractivity contribution is 0.819. The number of hydrogen-bond acceptors (Lipinski definition) is 1. The molecule has 104 valence electrons. The van der Waals surface area contributed by atoms with E-state index >= 15 is 0 Å². The fourth-order valence-electron chi connectivity index (χ4n) is 2.86. The molecule has 0 saturated carbocycles. The van der Waals surface area contributed by atoms with Gasteiger partial charge in [-0.15, -0.1) is 0 Å². The summed E-state index contributed by atoms with van der Waals surface area (Å²) < 4.78 is 0. The Bertz CT molecular complexity index is 303. The number of rotatable bonds is 7. The van der Waals surface area contributed by atoms with Gasteiger partial charge in [0, 0.05) is 5.25 Å². The van der Waals surface area contributed by atoms with Crippen molar-refractivity contribution in [3.63, 3.8) is 0 Å². The third kappa shape index (κ3) is 4.14. The van der Waals surface area contributed by atoms with E-state index in [4.69, 9.17) is 0 Å². The fourth-order valence-corrected chi connectivity index (χ4v) is 6.79. The van der Waals surface area contributed by atoms with E-state index in [2.05, 4.69) is 53.0 Å². The largest absolute Gasteiger partial charge is 0.162 e. The lowest BCUT2D eigenvalue weighted by Gasteiger charge is -2.29. The minimum absolute atomic E-state index is 0.0482. The molecular weight excluding hydrogens is 255 g/mol. The Morgan fingerprint density at radius 2 is 1.83 bits per heavy atom. The van der Waals surface area contributed by atoms with Gasteiger partial charge >= 0.3 is 0 Å². The van der Waals surface area contributed by atoms with Crippen LogP contribution in [0.1, 0.15) is 53.9 Å². The minimum atomic E-state index is 0.0482. The van der Waals surface area contributed by atoms with E-state index in [0.717, 1.165) is 16.6 Å². The summed E-state index contributed by atoms with van der Waals surface area (Å²) in [5.74, 6) is 0. The van der Waals surface area contributed by atoms with Crippen LogP contribution in [-0.4, -0.2) is 22.8 Å². The molecule has 0 aliphatic heterocycles. The third-order valence-corrected chi connectivity index (χ3v) is 8.15. The van der Waals surface area contributed by atoms with Gasteiger partial charge in [0.1, 0.15) is 0 Å². The SMILES string of the molecule is CCC(CC1=C(P(C(C)C)C(C)C)CC=C1)SC. The Morgan fingerprint density at radius 3 is 2.28 bits per heavy atom. The van der Waals surface area contributed by atoms with Crippen molar-refractivity contribution < 1.29 is 0 Å². The molecule has 1 rings (SSSR count). The number of hydrogen-bond donors (Lipinski definition) is 0. The molecule has 1 atom stereocenters. The van der Waals surface area contributed by atoms with Crippen molar-refractivity contribution in [2.45, 2.75) is 70.4 Å². The van der Waals surface area contributed by atoms with Gasteiger partial charge in [-0.3, -0.25) is 0 Å². The molecule has 1 aliphatic carbocycles. The van der Waals surface area contributed by atoms with Gasteiger partial charge in [-0.2, -0.15) is 11.8 Å². The van der Waals surface area contributed by atoms with Gasteiger partial charge in [0.05, 0.1) is 0 Å². The summed E-state index contributed by atoms with van der Waals surface area (Å²) >= 11 is 2.03. The lowest BCUT2D eigenvalue weighted by atomic mass is 10.1. The Morgan fingerprint density at radius 1 is 1.22 bits per heavy atom. The van der Waals surface area contributed by atoms with Crippen molar-refractivity contribution in [2.24, 2.45) is 0 Å².